The Morgan fingerprint density at radius 3 is 1.89 bits per heavy atom. The molecule has 0 radical (unpaired) electrons. The van der Waals surface area contributed by atoms with Crippen LogP contribution in [0.3, 0.4) is 0 Å². The molecular formula is C11H8O6S. The van der Waals surface area contributed by atoms with Crippen molar-refractivity contribution in [3.05, 3.63) is 29.3 Å². The van der Waals surface area contributed by atoms with Gasteiger partial charge < -0.3 is 10.2 Å². The van der Waals surface area contributed by atoms with Gasteiger partial charge in [0.25, 0.3) is 0 Å². The predicted molar refractivity (Wildman–Crippen MR) is 61.2 cm³/mol. The Morgan fingerprint density at radius 2 is 1.56 bits per heavy atom. The Morgan fingerprint density at radius 1 is 1.11 bits per heavy atom. The van der Waals surface area contributed by atoms with E-state index >= 15 is 0 Å². The quantitative estimate of drug-likeness (QED) is 0.769. The smallest absolute Gasteiger partial charge is 0.335 e. The lowest BCUT2D eigenvalue weighted by Crippen LogP contribution is -2.10. The minimum atomic E-state index is -3.89. The van der Waals surface area contributed by atoms with Crippen LogP contribution in [0.2, 0.25) is 0 Å². The molecule has 0 amide bonds. The molecule has 0 saturated carbocycles. The SMILES string of the molecule is C#CCS(=O)(=O)c1cc(C(=O)O)cc(C(=O)O)c1. The average molecular weight is 268 g/mol. The van der Waals surface area contributed by atoms with Gasteiger partial charge in [0.1, 0.15) is 5.75 Å². The first kappa shape index (κ1) is 13.7. The molecule has 0 aromatic heterocycles. The van der Waals surface area contributed by atoms with Crippen LogP contribution in [-0.2, 0) is 9.84 Å². The molecule has 1 aromatic rings. The van der Waals surface area contributed by atoms with Crippen molar-refractivity contribution in [3.63, 3.8) is 0 Å². The summed E-state index contributed by atoms with van der Waals surface area (Å²) >= 11 is 0. The van der Waals surface area contributed by atoms with Crippen molar-refractivity contribution in [1.82, 2.24) is 0 Å². The number of terminal acetylenes is 1. The molecule has 0 bridgehead atoms. The molecule has 0 atom stereocenters. The van der Waals surface area contributed by atoms with Gasteiger partial charge in [-0.2, -0.15) is 0 Å². The van der Waals surface area contributed by atoms with Gasteiger partial charge in [-0.1, -0.05) is 5.92 Å². The van der Waals surface area contributed by atoms with E-state index in [1.54, 1.807) is 0 Å². The van der Waals surface area contributed by atoms with E-state index in [0.29, 0.717) is 0 Å². The molecule has 7 heteroatoms. The molecule has 2 N–H and O–H groups in total. The van der Waals surface area contributed by atoms with Crippen LogP contribution in [0.4, 0.5) is 0 Å². The molecule has 0 unspecified atom stereocenters. The first-order valence-corrected chi connectivity index (χ1v) is 6.21. The highest BCUT2D eigenvalue weighted by Gasteiger charge is 2.19. The number of sulfone groups is 1. The van der Waals surface area contributed by atoms with Crippen molar-refractivity contribution in [3.8, 4) is 12.3 Å². The van der Waals surface area contributed by atoms with E-state index in [-0.39, 0.29) is 0 Å². The van der Waals surface area contributed by atoms with Crippen LogP contribution in [0.15, 0.2) is 23.1 Å². The second kappa shape index (κ2) is 4.89. The third-order valence-corrected chi connectivity index (χ3v) is 3.53. The number of hydrogen-bond acceptors (Lipinski definition) is 4. The van der Waals surface area contributed by atoms with Gasteiger partial charge in [-0.25, -0.2) is 18.0 Å². The van der Waals surface area contributed by atoms with Crippen molar-refractivity contribution in [2.24, 2.45) is 0 Å². The lowest BCUT2D eigenvalue weighted by molar-refractivity contribution is 0.0696. The van der Waals surface area contributed by atoms with Gasteiger partial charge in [-0.3, -0.25) is 0 Å². The number of carboxylic acid groups (broad SMARTS) is 2. The Labute approximate surface area is 103 Å². The largest absolute Gasteiger partial charge is 0.478 e. The lowest BCUT2D eigenvalue weighted by atomic mass is 10.1. The van der Waals surface area contributed by atoms with E-state index in [9.17, 15) is 18.0 Å². The van der Waals surface area contributed by atoms with Crippen molar-refractivity contribution >= 4 is 21.8 Å². The maximum absolute atomic E-state index is 11.7. The standard InChI is InChI=1S/C11H8O6S/c1-2-3-18(16,17)9-5-7(10(12)13)4-8(6-9)11(14)15/h1,4-6H,3H2,(H,12,13)(H,14,15). The van der Waals surface area contributed by atoms with Gasteiger partial charge in [0, 0.05) is 0 Å². The number of carbonyl (C=O) groups is 2. The number of benzene rings is 1. The molecule has 0 aliphatic rings. The van der Waals surface area contributed by atoms with Crippen LogP contribution >= 0.6 is 0 Å². The Balaban J connectivity index is 3.51. The van der Waals surface area contributed by atoms with Crippen molar-refractivity contribution in [2.45, 2.75) is 4.90 Å². The first-order valence-electron chi connectivity index (χ1n) is 4.56. The summed E-state index contributed by atoms with van der Waals surface area (Å²) in [6.45, 7) is 0. The fraction of sp³-hybridized carbons (Fsp3) is 0.0909. The summed E-state index contributed by atoms with van der Waals surface area (Å²) < 4.78 is 23.3. The summed E-state index contributed by atoms with van der Waals surface area (Å²) in [5.74, 6) is -1.55. The Bertz CT molecular complexity index is 618. The molecule has 0 aliphatic carbocycles. The van der Waals surface area contributed by atoms with Gasteiger partial charge in [-0.05, 0) is 18.2 Å². The molecule has 0 fully saturated rings. The van der Waals surface area contributed by atoms with E-state index in [4.69, 9.17) is 16.6 Å². The Hall–Kier alpha value is -2.33. The normalized spacial score (nSPS) is 10.6. The van der Waals surface area contributed by atoms with E-state index < -0.39 is 43.6 Å². The first-order chi connectivity index (χ1) is 8.27. The van der Waals surface area contributed by atoms with E-state index in [1.165, 1.54) is 0 Å². The van der Waals surface area contributed by atoms with Crippen LogP contribution in [0, 0.1) is 12.3 Å². The summed E-state index contributed by atoms with van der Waals surface area (Å²) in [6.07, 6.45) is 4.89. The highest BCUT2D eigenvalue weighted by atomic mass is 32.2. The van der Waals surface area contributed by atoms with E-state index in [0.717, 1.165) is 18.2 Å². The molecule has 0 heterocycles. The highest BCUT2D eigenvalue weighted by molar-refractivity contribution is 7.91. The van der Waals surface area contributed by atoms with Crippen LogP contribution in [0.1, 0.15) is 20.7 Å². The summed E-state index contributed by atoms with van der Waals surface area (Å²) in [5.41, 5.74) is -0.851. The molecule has 0 spiro atoms. The molecule has 0 aliphatic heterocycles. The van der Waals surface area contributed by atoms with Crippen molar-refractivity contribution in [2.75, 3.05) is 5.75 Å². The number of rotatable bonds is 4. The van der Waals surface area contributed by atoms with Gasteiger partial charge >= 0.3 is 11.9 Å². The minimum Gasteiger partial charge on any atom is -0.478 e. The summed E-state index contributed by atoms with van der Waals surface area (Å²) in [7, 11) is -3.89. The number of aromatic carboxylic acids is 2. The molecule has 0 saturated heterocycles. The summed E-state index contributed by atoms with van der Waals surface area (Å²) in [6, 6.07) is 2.63. The maximum atomic E-state index is 11.7. The van der Waals surface area contributed by atoms with Gasteiger partial charge in [0.2, 0.25) is 0 Å². The molecule has 1 aromatic carbocycles. The number of hydrogen-bond donors (Lipinski definition) is 2. The third-order valence-electron chi connectivity index (χ3n) is 2.03. The van der Waals surface area contributed by atoms with Crippen molar-refractivity contribution in [1.29, 1.82) is 0 Å². The summed E-state index contributed by atoms with van der Waals surface area (Å²) in [5, 5.41) is 17.6. The third kappa shape index (κ3) is 2.87. The van der Waals surface area contributed by atoms with Gasteiger partial charge in [-0.15, -0.1) is 6.42 Å². The monoisotopic (exact) mass is 268 g/mol. The molecular weight excluding hydrogens is 260 g/mol. The fourth-order valence-electron chi connectivity index (χ4n) is 1.22. The predicted octanol–water partition coefficient (Wildman–Crippen LogP) is 0.490. The Kier molecular flexibility index (Phi) is 3.73. The second-order valence-corrected chi connectivity index (χ2v) is 5.31. The van der Waals surface area contributed by atoms with Crippen LogP contribution in [0.5, 0.6) is 0 Å². The average Bonchev–Trinajstić information content (AvgIpc) is 2.28. The van der Waals surface area contributed by atoms with Gasteiger partial charge in [0.15, 0.2) is 9.84 Å². The van der Waals surface area contributed by atoms with Crippen LogP contribution in [-0.4, -0.2) is 36.3 Å². The fourth-order valence-corrected chi connectivity index (χ4v) is 2.22. The lowest BCUT2D eigenvalue weighted by Gasteiger charge is -2.04. The van der Waals surface area contributed by atoms with Crippen LogP contribution in [0.25, 0.3) is 0 Å². The molecule has 18 heavy (non-hydrogen) atoms. The zero-order chi connectivity index (χ0) is 13.9. The van der Waals surface area contributed by atoms with Crippen molar-refractivity contribution < 1.29 is 28.2 Å². The zero-order valence-electron chi connectivity index (χ0n) is 8.95. The van der Waals surface area contributed by atoms with Crippen LogP contribution < -0.4 is 0 Å². The molecule has 94 valence electrons. The highest BCUT2D eigenvalue weighted by Crippen LogP contribution is 2.17. The van der Waals surface area contributed by atoms with E-state index in [2.05, 4.69) is 0 Å². The zero-order valence-corrected chi connectivity index (χ0v) is 9.77. The summed E-state index contributed by atoms with van der Waals surface area (Å²) in [4.78, 5) is 21.2. The molecule has 1 rings (SSSR count). The minimum absolute atomic E-state index is 0.419. The van der Waals surface area contributed by atoms with Gasteiger partial charge in [0.05, 0.1) is 16.0 Å². The maximum Gasteiger partial charge on any atom is 0.335 e. The molecule has 6 nitrogen and oxygen atoms in total. The number of carboxylic acids is 2. The topological polar surface area (TPSA) is 109 Å². The van der Waals surface area contributed by atoms with E-state index in [1.807, 2.05) is 5.92 Å². The second-order valence-electron chi connectivity index (χ2n) is 3.32.